The maximum Gasteiger partial charge on any atom is 0.335 e. The molecule has 0 bridgehead atoms. The maximum atomic E-state index is 10.2. The first-order valence-electron chi connectivity index (χ1n) is 5.70. The fraction of sp³-hybridized carbons (Fsp3) is 0.133. The zero-order valence-corrected chi connectivity index (χ0v) is 10.3. The van der Waals surface area contributed by atoms with Gasteiger partial charge in [-0.05, 0) is 24.6 Å². The molecule has 18 heavy (non-hydrogen) atoms. The molecular formula is C15H17NO2. The molecule has 0 aliphatic heterocycles. The fourth-order valence-corrected chi connectivity index (χ4v) is 1.34. The van der Waals surface area contributed by atoms with E-state index in [1.807, 2.05) is 37.3 Å². The monoisotopic (exact) mass is 243 g/mol. The van der Waals surface area contributed by atoms with E-state index in [0.29, 0.717) is 5.56 Å². The van der Waals surface area contributed by atoms with Gasteiger partial charge in [-0.3, -0.25) is 0 Å². The Bertz CT molecular complexity index is 466. The highest BCUT2D eigenvalue weighted by molar-refractivity contribution is 5.87. The van der Waals surface area contributed by atoms with Gasteiger partial charge in [0.25, 0.3) is 0 Å². The standard InChI is InChI=1S/C8H11N.C7H6O2/c1-7(9)8-5-3-2-4-6-8;8-7(9)6-4-2-1-3-5-6/h2-7H,9H2,1H3;1-5H,(H,8,9). The fourth-order valence-electron chi connectivity index (χ4n) is 1.34. The van der Waals surface area contributed by atoms with Crippen molar-refractivity contribution in [2.45, 2.75) is 13.0 Å². The Kier molecular flexibility index (Phi) is 5.61. The Balaban J connectivity index is 0.000000180. The summed E-state index contributed by atoms with van der Waals surface area (Å²) in [6, 6.07) is 18.5. The van der Waals surface area contributed by atoms with Crippen LogP contribution in [0.5, 0.6) is 0 Å². The van der Waals surface area contributed by atoms with Gasteiger partial charge in [-0.1, -0.05) is 48.5 Å². The lowest BCUT2D eigenvalue weighted by Gasteiger charge is -2.02. The van der Waals surface area contributed by atoms with Crippen molar-refractivity contribution in [3.63, 3.8) is 0 Å². The van der Waals surface area contributed by atoms with Gasteiger partial charge >= 0.3 is 5.97 Å². The smallest absolute Gasteiger partial charge is 0.335 e. The van der Waals surface area contributed by atoms with Gasteiger partial charge in [0.15, 0.2) is 0 Å². The minimum absolute atomic E-state index is 0.159. The zero-order valence-electron chi connectivity index (χ0n) is 10.3. The highest BCUT2D eigenvalue weighted by atomic mass is 16.4. The second-order valence-electron chi connectivity index (χ2n) is 3.87. The lowest BCUT2D eigenvalue weighted by molar-refractivity contribution is 0.0697. The molecule has 0 spiro atoms. The molecule has 2 aromatic rings. The van der Waals surface area contributed by atoms with E-state index in [1.165, 1.54) is 5.56 Å². The minimum atomic E-state index is -0.879. The van der Waals surface area contributed by atoms with E-state index in [0.717, 1.165) is 0 Å². The largest absolute Gasteiger partial charge is 0.478 e. The number of hydrogen-bond donors (Lipinski definition) is 2. The third kappa shape index (κ3) is 4.80. The summed E-state index contributed by atoms with van der Waals surface area (Å²) < 4.78 is 0. The first-order valence-corrected chi connectivity index (χ1v) is 5.70. The molecule has 0 aliphatic carbocycles. The molecule has 0 saturated carbocycles. The molecule has 3 N–H and O–H groups in total. The third-order valence-electron chi connectivity index (χ3n) is 2.35. The molecule has 3 nitrogen and oxygen atoms in total. The van der Waals surface area contributed by atoms with Gasteiger partial charge < -0.3 is 10.8 Å². The molecule has 94 valence electrons. The van der Waals surface area contributed by atoms with Crippen LogP contribution in [-0.2, 0) is 0 Å². The molecule has 0 fully saturated rings. The number of aromatic carboxylic acids is 1. The van der Waals surface area contributed by atoms with E-state index in [-0.39, 0.29) is 6.04 Å². The number of benzene rings is 2. The quantitative estimate of drug-likeness (QED) is 0.852. The Morgan fingerprint density at radius 3 is 1.72 bits per heavy atom. The van der Waals surface area contributed by atoms with Crippen molar-refractivity contribution >= 4 is 5.97 Å². The second kappa shape index (κ2) is 7.25. The highest BCUT2D eigenvalue weighted by Gasteiger charge is 1.96. The highest BCUT2D eigenvalue weighted by Crippen LogP contribution is 2.06. The van der Waals surface area contributed by atoms with Gasteiger partial charge in [-0.15, -0.1) is 0 Å². The summed E-state index contributed by atoms with van der Waals surface area (Å²) in [5, 5.41) is 8.38. The van der Waals surface area contributed by atoms with Gasteiger partial charge in [0, 0.05) is 6.04 Å². The minimum Gasteiger partial charge on any atom is -0.478 e. The van der Waals surface area contributed by atoms with E-state index in [2.05, 4.69) is 0 Å². The predicted octanol–water partition coefficient (Wildman–Crippen LogP) is 3.09. The van der Waals surface area contributed by atoms with Gasteiger partial charge in [0.2, 0.25) is 0 Å². The average Bonchev–Trinajstić information content (AvgIpc) is 2.41. The van der Waals surface area contributed by atoms with Crippen LogP contribution in [0.2, 0.25) is 0 Å². The molecule has 1 unspecified atom stereocenters. The number of nitrogens with two attached hydrogens (primary N) is 1. The van der Waals surface area contributed by atoms with Crippen LogP contribution in [0.15, 0.2) is 60.7 Å². The van der Waals surface area contributed by atoms with Crippen LogP contribution in [0.3, 0.4) is 0 Å². The van der Waals surface area contributed by atoms with Crippen molar-refractivity contribution in [2.75, 3.05) is 0 Å². The molecule has 0 amide bonds. The van der Waals surface area contributed by atoms with Crippen molar-refractivity contribution in [3.8, 4) is 0 Å². The molecule has 2 rings (SSSR count). The van der Waals surface area contributed by atoms with Gasteiger partial charge in [-0.25, -0.2) is 4.79 Å². The first kappa shape index (κ1) is 13.9. The molecule has 0 radical (unpaired) electrons. The lowest BCUT2D eigenvalue weighted by Crippen LogP contribution is -2.03. The summed E-state index contributed by atoms with van der Waals surface area (Å²) in [6.07, 6.45) is 0. The van der Waals surface area contributed by atoms with Crippen LogP contribution in [0.4, 0.5) is 0 Å². The Labute approximate surface area is 107 Å². The lowest BCUT2D eigenvalue weighted by atomic mass is 10.1. The summed E-state index contributed by atoms with van der Waals surface area (Å²) in [5.74, 6) is -0.879. The van der Waals surface area contributed by atoms with Crippen molar-refractivity contribution in [2.24, 2.45) is 5.73 Å². The van der Waals surface area contributed by atoms with Gasteiger partial charge in [-0.2, -0.15) is 0 Å². The van der Waals surface area contributed by atoms with E-state index in [9.17, 15) is 4.79 Å². The Morgan fingerprint density at radius 2 is 1.44 bits per heavy atom. The van der Waals surface area contributed by atoms with Gasteiger partial charge in [0.05, 0.1) is 5.56 Å². The van der Waals surface area contributed by atoms with Crippen LogP contribution >= 0.6 is 0 Å². The molecule has 1 atom stereocenters. The van der Waals surface area contributed by atoms with E-state index < -0.39 is 5.97 Å². The number of rotatable bonds is 2. The van der Waals surface area contributed by atoms with Crippen molar-refractivity contribution in [3.05, 3.63) is 71.8 Å². The van der Waals surface area contributed by atoms with Crippen LogP contribution in [0.25, 0.3) is 0 Å². The molecular weight excluding hydrogens is 226 g/mol. The molecule has 3 heteroatoms. The Morgan fingerprint density at radius 1 is 1.00 bits per heavy atom. The van der Waals surface area contributed by atoms with Crippen LogP contribution in [0, 0.1) is 0 Å². The van der Waals surface area contributed by atoms with E-state index in [1.54, 1.807) is 30.3 Å². The number of hydrogen-bond acceptors (Lipinski definition) is 2. The normalized spacial score (nSPS) is 11.0. The first-order chi connectivity index (χ1) is 8.61. The van der Waals surface area contributed by atoms with Crippen molar-refractivity contribution < 1.29 is 9.90 Å². The van der Waals surface area contributed by atoms with Crippen molar-refractivity contribution in [1.82, 2.24) is 0 Å². The molecule has 2 aromatic carbocycles. The summed E-state index contributed by atoms with van der Waals surface area (Å²) in [6.45, 7) is 1.98. The SMILES string of the molecule is CC(N)c1ccccc1.O=C(O)c1ccccc1. The second-order valence-corrected chi connectivity index (χ2v) is 3.87. The number of carboxylic acid groups (broad SMARTS) is 1. The van der Waals surface area contributed by atoms with Crippen LogP contribution in [-0.4, -0.2) is 11.1 Å². The molecule has 0 heterocycles. The summed E-state index contributed by atoms with van der Waals surface area (Å²) in [7, 11) is 0. The molecule has 0 aromatic heterocycles. The number of carbonyl (C=O) groups is 1. The number of carboxylic acids is 1. The summed E-state index contributed by atoms with van der Waals surface area (Å²) >= 11 is 0. The summed E-state index contributed by atoms with van der Waals surface area (Å²) in [4.78, 5) is 10.2. The predicted molar refractivity (Wildman–Crippen MR) is 72.4 cm³/mol. The summed E-state index contributed by atoms with van der Waals surface area (Å²) in [5.41, 5.74) is 7.14. The average molecular weight is 243 g/mol. The van der Waals surface area contributed by atoms with Gasteiger partial charge in [0.1, 0.15) is 0 Å². The van der Waals surface area contributed by atoms with E-state index >= 15 is 0 Å². The van der Waals surface area contributed by atoms with Crippen LogP contribution < -0.4 is 5.73 Å². The Hall–Kier alpha value is -2.13. The third-order valence-corrected chi connectivity index (χ3v) is 2.35. The van der Waals surface area contributed by atoms with Crippen LogP contribution in [0.1, 0.15) is 28.9 Å². The van der Waals surface area contributed by atoms with Crippen molar-refractivity contribution in [1.29, 1.82) is 0 Å². The molecule has 0 aliphatic rings. The molecule has 0 saturated heterocycles. The topological polar surface area (TPSA) is 63.3 Å². The zero-order chi connectivity index (χ0) is 13.4. The van der Waals surface area contributed by atoms with E-state index in [4.69, 9.17) is 10.8 Å². The maximum absolute atomic E-state index is 10.2.